The third-order valence-electron chi connectivity index (χ3n) is 5.11. The normalized spacial score (nSPS) is 15.5. The topological polar surface area (TPSA) is 85.0 Å². The van der Waals surface area contributed by atoms with Crippen LogP contribution in [0.2, 0.25) is 5.02 Å². The van der Waals surface area contributed by atoms with Crippen LogP contribution >= 0.6 is 11.6 Å². The fourth-order valence-electron chi connectivity index (χ4n) is 3.52. The van der Waals surface area contributed by atoms with Gasteiger partial charge in [-0.25, -0.2) is 5.01 Å². The number of hydrogen-bond acceptors (Lipinski definition) is 5. The van der Waals surface area contributed by atoms with Crippen LogP contribution in [0.1, 0.15) is 33.9 Å². The lowest BCUT2D eigenvalue weighted by atomic mass is 9.97. The number of ether oxygens (including phenoxy) is 1. The third kappa shape index (κ3) is 4.13. The SMILES string of the molecule is COc1ccc(C2=NN(C(=O)c3ccccc3Cl)[C@@H](c3cccc([N+](=O)[O-])c3)C2)cc1. The second-order valence-corrected chi connectivity index (χ2v) is 7.38. The molecule has 0 aromatic heterocycles. The number of amides is 1. The molecule has 156 valence electrons. The first-order valence-electron chi connectivity index (χ1n) is 9.52. The molecule has 1 atom stereocenters. The van der Waals surface area contributed by atoms with E-state index in [0.717, 1.165) is 5.56 Å². The lowest BCUT2D eigenvalue weighted by Crippen LogP contribution is -2.27. The van der Waals surface area contributed by atoms with E-state index in [9.17, 15) is 14.9 Å². The van der Waals surface area contributed by atoms with Crippen LogP contribution < -0.4 is 4.74 Å². The molecule has 0 bridgehead atoms. The Bertz CT molecular complexity index is 1180. The van der Waals surface area contributed by atoms with Gasteiger partial charge >= 0.3 is 0 Å². The van der Waals surface area contributed by atoms with Crippen LogP contribution in [-0.4, -0.2) is 28.7 Å². The van der Waals surface area contributed by atoms with E-state index >= 15 is 0 Å². The predicted molar refractivity (Wildman–Crippen MR) is 118 cm³/mol. The van der Waals surface area contributed by atoms with Crippen molar-refractivity contribution in [3.05, 3.63) is 105 Å². The molecule has 0 unspecified atom stereocenters. The average molecular weight is 436 g/mol. The van der Waals surface area contributed by atoms with Gasteiger partial charge in [-0.15, -0.1) is 0 Å². The Morgan fingerprint density at radius 3 is 2.55 bits per heavy atom. The quantitative estimate of drug-likeness (QED) is 0.404. The van der Waals surface area contributed by atoms with E-state index in [-0.39, 0.29) is 11.6 Å². The smallest absolute Gasteiger partial charge is 0.276 e. The minimum atomic E-state index is -0.499. The molecule has 0 aliphatic carbocycles. The molecule has 3 aromatic rings. The van der Waals surface area contributed by atoms with Crippen molar-refractivity contribution in [1.29, 1.82) is 0 Å². The van der Waals surface area contributed by atoms with E-state index in [2.05, 4.69) is 5.10 Å². The van der Waals surface area contributed by atoms with Crippen LogP contribution in [0, 0.1) is 10.1 Å². The maximum absolute atomic E-state index is 13.3. The molecule has 1 aliphatic heterocycles. The van der Waals surface area contributed by atoms with Crippen molar-refractivity contribution in [2.45, 2.75) is 12.5 Å². The fourth-order valence-corrected chi connectivity index (χ4v) is 3.74. The molecule has 7 nitrogen and oxygen atoms in total. The number of nitro benzene ring substituents is 1. The van der Waals surface area contributed by atoms with Gasteiger partial charge in [0.2, 0.25) is 0 Å². The standard InChI is InChI=1S/C23H18ClN3O4/c1-31-18-11-9-15(10-12-18)21-14-22(16-5-4-6-17(13-16)27(29)30)26(25-21)23(28)19-7-2-3-8-20(19)24/h2-13,22H,14H2,1H3/t22-/m1/s1. The van der Waals surface area contributed by atoms with Crippen LogP contribution in [0.3, 0.4) is 0 Å². The number of methoxy groups -OCH3 is 1. The Hall–Kier alpha value is -3.71. The Morgan fingerprint density at radius 2 is 1.87 bits per heavy atom. The molecule has 1 aliphatic rings. The number of carbonyl (C=O) groups is 1. The number of benzene rings is 3. The van der Waals surface area contributed by atoms with Crippen molar-refractivity contribution in [3.8, 4) is 5.75 Å². The molecule has 1 amide bonds. The van der Waals surface area contributed by atoms with Gasteiger partial charge in [0.15, 0.2) is 0 Å². The Labute approximate surface area is 183 Å². The van der Waals surface area contributed by atoms with Crippen LogP contribution in [0.4, 0.5) is 5.69 Å². The van der Waals surface area contributed by atoms with Crippen LogP contribution in [0.15, 0.2) is 77.9 Å². The first-order valence-corrected chi connectivity index (χ1v) is 9.90. The molecule has 31 heavy (non-hydrogen) atoms. The highest BCUT2D eigenvalue weighted by atomic mass is 35.5. The molecule has 0 N–H and O–H groups in total. The largest absolute Gasteiger partial charge is 0.497 e. The highest BCUT2D eigenvalue weighted by molar-refractivity contribution is 6.33. The number of nitrogens with zero attached hydrogens (tertiary/aromatic N) is 3. The van der Waals surface area contributed by atoms with Gasteiger partial charge in [0.1, 0.15) is 5.75 Å². The highest BCUT2D eigenvalue weighted by Crippen LogP contribution is 2.36. The molecule has 0 fully saturated rings. The van der Waals surface area contributed by atoms with Crippen molar-refractivity contribution in [2.24, 2.45) is 5.10 Å². The first kappa shape index (κ1) is 20.6. The number of hydrazone groups is 1. The molecule has 3 aromatic carbocycles. The number of nitro groups is 1. The second-order valence-electron chi connectivity index (χ2n) is 6.98. The van der Waals surface area contributed by atoms with Gasteiger partial charge in [-0.2, -0.15) is 5.10 Å². The summed E-state index contributed by atoms with van der Waals surface area (Å²) in [6.45, 7) is 0. The van der Waals surface area contributed by atoms with Crippen molar-refractivity contribution in [3.63, 3.8) is 0 Å². The summed E-state index contributed by atoms with van der Waals surface area (Å²) in [7, 11) is 1.59. The summed E-state index contributed by atoms with van der Waals surface area (Å²) >= 11 is 6.25. The number of hydrogen-bond donors (Lipinski definition) is 0. The van der Waals surface area contributed by atoms with E-state index in [1.807, 2.05) is 24.3 Å². The number of non-ortho nitro benzene ring substituents is 1. The number of halogens is 1. The zero-order chi connectivity index (χ0) is 22.0. The van der Waals surface area contributed by atoms with Gasteiger partial charge in [-0.05, 0) is 47.5 Å². The van der Waals surface area contributed by atoms with Gasteiger partial charge in [0, 0.05) is 18.6 Å². The summed E-state index contributed by atoms with van der Waals surface area (Å²) < 4.78 is 5.21. The molecule has 0 spiro atoms. The summed E-state index contributed by atoms with van der Waals surface area (Å²) in [5.74, 6) is 0.340. The maximum atomic E-state index is 13.3. The van der Waals surface area contributed by atoms with Crippen molar-refractivity contribution in [1.82, 2.24) is 5.01 Å². The fraction of sp³-hybridized carbons (Fsp3) is 0.130. The first-order chi connectivity index (χ1) is 15.0. The summed E-state index contributed by atoms with van der Waals surface area (Å²) in [5, 5.41) is 17.5. The van der Waals surface area contributed by atoms with Crippen LogP contribution in [0.5, 0.6) is 5.75 Å². The number of carbonyl (C=O) groups excluding carboxylic acids is 1. The maximum Gasteiger partial charge on any atom is 0.276 e. The van der Waals surface area contributed by atoms with Gasteiger partial charge in [-0.3, -0.25) is 14.9 Å². The second kappa shape index (κ2) is 8.57. The minimum Gasteiger partial charge on any atom is -0.497 e. The highest BCUT2D eigenvalue weighted by Gasteiger charge is 2.35. The summed E-state index contributed by atoms with van der Waals surface area (Å²) in [6, 6.07) is 19.9. The van der Waals surface area contributed by atoms with Gasteiger partial charge < -0.3 is 4.74 Å². The molecule has 0 saturated heterocycles. The van der Waals surface area contributed by atoms with E-state index in [0.29, 0.717) is 34.0 Å². The van der Waals surface area contributed by atoms with Crippen LogP contribution in [0.25, 0.3) is 0 Å². The van der Waals surface area contributed by atoms with Crippen molar-refractivity contribution >= 4 is 28.9 Å². The van der Waals surface area contributed by atoms with Gasteiger partial charge in [0.25, 0.3) is 11.6 Å². The monoisotopic (exact) mass is 435 g/mol. The Kier molecular flexibility index (Phi) is 5.68. The molecule has 0 radical (unpaired) electrons. The van der Waals surface area contributed by atoms with Crippen LogP contribution in [-0.2, 0) is 0 Å². The molecular formula is C23H18ClN3O4. The summed E-state index contributed by atoms with van der Waals surface area (Å²) in [5.41, 5.74) is 2.44. The zero-order valence-corrected chi connectivity index (χ0v) is 17.3. The van der Waals surface area contributed by atoms with E-state index < -0.39 is 11.0 Å². The van der Waals surface area contributed by atoms with E-state index in [1.54, 1.807) is 43.5 Å². The third-order valence-corrected chi connectivity index (χ3v) is 5.44. The Balaban J connectivity index is 1.76. The summed E-state index contributed by atoms with van der Waals surface area (Å²) in [6.07, 6.45) is 0.406. The van der Waals surface area contributed by atoms with E-state index in [4.69, 9.17) is 16.3 Å². The van der Waals surface area contributed by atoms with Crippen molar-refractivity contribution in [2.75, 3.05) is 7.11 Å². The molecule has 0 saturated carbocycles. The molecule has 4 rings (SSSR count). The molecule has 1 heterocycles. The molecular weight excluding hydrogens is 418 g/mol. The lowest BCUT2D eigenvalue weighted by molar-refractivity contribution is -0.384. The predicted octanol–water partition coefficient (Wildman–Crippen LogP) is 5.25. The van der Waals surface area contributed by atoms with Crippen molar-refractivity contribution < 1.29 is 14.5 Å². The van der Waals surface area contributed by atoms with E-state index in [1.165, 1.54) is 17.1 Å². The lowest BCUT2D eigenvalue weighted by Gasteiger charge is -2.22. The molecule has 8 heteroatoms. The number of rotatable bonds is 5. The van der Waals surface area contributed by atoms with Gasteiger partial charge in [-0.1, -0.05) is 35.9 Å². The average Bonchev–Trinajstić information content (AvgIpc) is 3.24. The minimum absolute atomic E-state index is 0.0412. The summed E-state index contributed by atoms with van der Waals surface area (Å²) in [4.78, 5) is 24.1. The Morgan fingerprint density at radius 1 is 1.13 bits per heavy atom. The van der Waals surface area contributed by atoms with Gasteiger partial charge in [0.05, 0.1) is 34.4 Å². The zero-order valence-electron chi connectivity index (χ0n) is 16.6.